The molecular weight excluding hydrogens is 372 g/mol. The lowest BCUT2D eigenvalue weighted by molar-refractivity contribution is -0.172. The minimum atomic E-state index is -1.50. The van der Waals surface area contributed by atoms with E-state index in [1.54, 1.807) is 6.92 Å². The molecule has 12 nitrogen and oxygen atoms in total. The average Bonchev–Trinajstić information content (AvgIpc) is 2.59. The molecule has 0 aromatic carbocycles. The summed E-state index contributed by atoms with van der Waals surface area (Å²) in [5, 5.41) is 17.1. The van der Waals surface area contributed by atoms with Crippen LogP contribution in [0.4, 0.5) is 0 Å². The van der Waals surface area contributed by atoms with Gasteiger partial charge in [0.1, 0.15) is 19.8 Å². The summed E-state index contributed by atoms with van der Waals surface area (Å²) in [6.07, 6.45) is -0.572. The predicted molar refractivity (Wildman–Crippen MR) is 82.1 cm³/mol. The van der Waals surface area contributed by atoms with Crippen LogP contribution in [0.5, 0.6) is 0 Å². The highest BCUT2D eigenvalue weighted by molar-refractivity contribution is 6.29. The Morgan fingerprint density at radius 2 is 1.37 bits per heavy atom. The highest BCUT2D eigenvalue weighted by Crippen LogP contribution is 2.04. The van der Waals surface area contributed by atoms with Crippen LogP contribution in [0.15, 0.2) is 0 Å². The monoisotopic (exact) mass is 392 g/mol. The van der Waals surface area contributed by atoms with Crippen LogP contribution < -0.4 is 0 Å². The van der Waals surface area contributed by atoms with Gasteiger partial charge in [-0.05, 0) is 6.42 Å². The second kappa shape index (κ2) is 13.1. The molecule has 0 bridgehead atoms. The molecular formula is C15H20O12. The first-order chi connectivity index (χ1) is 12.7. The highest BCUT2D eigenvalue weighted by Gasteiger charge is 2.21. The van der Waals surface area contributed by atoms with E-state index >= 15 is 0 Å². The molecule has 152 valence electrons. The van der Waals surface area contributed by atoms with Crippen LogP contribution >= 0.6 is 0 Å². The fourth-order valence-corrected chi connectivity index (χ4v) is 1.39. The van der Waals surface area contributed by atoms with Crippen molar-refractivity contribution in [2.45, 2.75) is 26.2 Å². The summed E-state index contributed by atoms with van der Waals surface area (Å²) >= 11 is 0. The van der Waals surface area contributed by atoms with E-state index in [4.69, 9.17) is 14.9 Å². The Balaban J connectivity index is 3.95. The molecule has 0 aliphatic heterocycles. The third-order valence-corrected chi connectivity index (χ3v) is 2.89. The van der Waals surface area contributed by atoms with Crippen molar-refractivity contribution >= 4 is 35.8 Å². The quantitative estimate of drug-likeness (QED) is 0.238. The Morgan fingerprint density at radius 1 is 0.778 bits per heavy atom. The molecule has 0 aromatic rings. The van der Waals surface area contributed by atoms with Crippen LogP contribution in [0.25, 0.3) is 0 Å². The van der Waals surface area contributed by atoms with Gasteiger partial charge in [-0.3, -0.25) is 14.4 Å². The lowest BCUT2D eigenvalue weighted by Gasteiger charge is -2.10. The Kier molecular flexibility index (Phi) is 11.5. The van der Waals surface area contributed by atoms with Gasteiger partial charge >= 0.3 is 35.8 Å². The fourth-order valence-electron chi connectivity index (χ4n) is 1.39. The summed E-state index contributed by atoms with van der Waals surface area (Å²) in [6.45, 7) is -0.561. The number of carboxylic acid groups (broad SMARTS) is 2. The maximum atomic E-state index is 11.4. The van der Waals surface area contributed by atoms with Gasteiger partial charge in [0.05, 0.1) is 18.8 Å². The molecule has 1 unspecified atom stereocenters. The number of aliphatic carboxylic acids is 2. The van der Waals surface area contributed by atoms with Crippen LogP contribution in [0.3, 0.4) is 0 Å². The minimum Gasteiger partial charge on any atom is -0.481 e. The third kappa shape index (κ3) is 11.9. The van der Waals surface area contributed by atoms with Gasteiger partial charge in [0.25, 0.3) is 0 Å². The summed E-state index contributed by atoms with van der Waals surface area (Å²) in [6, 6.07) is 0. The molecule has 0 amide bonds. The van der Waals surface area contributed by atoms with Crippen LogP contribution in [-0.2, 0) is 47.7 Å². The zero-order valence-corrected chi connectivity index (χ0v) is 14.5. The number of hydrogen-bond donors (Lipinski definition) is 2. The van der Waals surface area contributed by atoms with E-state index in [0.29, 0.717) is 0 Å². The summed E-state index contributed by atoms with van der Waals surface area (Å²) in [4.78, 5) is 66.0. The molecule has 27 heavy (non-hydrogen) atoms. The Bertz CT molecular complexity index is 567. The van der Waals surface area contributed by atoms with E-state index in [2.05, 4.69) is 14.2 Å². The van der Waals surface area contributed by atoms with E-state index in [1.165, 1.54) is 0 Å². The molecule has 2 N–H and O–H groups in total. The number of carbonyl (C=O) groups excluding carboxylic acids is 4. The summed E-state index contributed by atoms with van der Waals surface area (Å²) in [5.41, 5.74) is 0. The van der Waals surface area contributed by atoms with Gasteiger partial charge in [0.2, 0.25) is 0 Å². The van der Waals surface area contributed by atoms with Gasteiger partial charge in [0, 0.05) is 0 Å². The third-order valence-electron chi connectivity index (χ3n) is 2.89. The minimum absolute atomic E-state index is 0.266. The van der Waals surface area contributed by atoms with Crippen LogP contribution in [0, 0.1) is 5.92 Å². The van der Waals surface area contributed by atoms with Gasteiger partial charge in [-0.1, -0.05) is 6.92 Å². The molecule has 0 rings (SSSR count). The zero-order valence-electron chi connectivity index (χ0n) is 14.5. The van der Waals surface area contributed by atoms with E-state index in [1.807, 2.05) is 0 Å². The van der Waals surface area contributed by atoms with Gasteiger partial charge in [0.15, 0.2) is 6.61 Å². The number of ether oxygens (including phenoxy) is 4. The smallest absolute Gasteiger partial charge is 0.418 e. The maximum Gasteiger partial charge on any atom is 0.418 e. The molecule has 0 saturated heterocycles. The predicted octanol–water partition coefficient (Wildman–Crippen LogP) is -0.865. The van der Waals surface area contributed by atoms with Gasteiger partial charge in [-0.25, -0.2) is 14.4 Å². The normalized spacial score (nSPS) is 11.0. The van der Waals surface area contributed by atoms with Gasteiger partial charge < -0.3 is 29.2 Å². The van der Waals surface area contributed by atoms with Crippen molar-refractivity contribution in [2.24, 2.45) is 5.92 Å². The van der Waals surface area contributed by atoms with Crippen molar-refractivity contribution in [1.29, 1.82) is 0 Å². The number of esters is 4. The number of rotatable bonds is 12. The number of carbonyl (C=O) groups is 6. The van der Waals surface area contributed by atoms with E-state index in [-0.39, 0.29) is 13.0 Å². The Labute approximate surface area is 153 Å². The first-order valence-corrected chi connectivity index (χ1v) is 7.77. The molecule has 0 aliphatic rings. The topological polar surface area (TPSA) is 180 Å². The molecule has 0 aromatic heterocycles. The van der Waals surface area contributed by atoms with E-state index < -0.39 is 74.4 Å². The van der Waals surface area contributed by atoms with Crippen LogP contribution in [0.2, 0.25) is 0 Å². The summed E-state index contributed by atoms with van der Waals surface area (Å²) in [5.74, 6) is -7.98. The average molecular weight is 392 g/mol. The Hall–Kier alpha value is -3.18. The molecule has 0 saturated carbocycles. The molecule has 1 atom stereocenters. The maximum absolute atomic E-state index is 11.4. The molecule has 0 radical (unpaired) electrons. The first kappa shape index (κ1) is 23.8. The van der Waals surface area contributed by atoms with E-state index in [0.717, 1.165) is 0 Å². The van der Waals surface area contributed by atoms with Gasteiger partial charge in [-0.2, -0.15) is 0 Å². The molecule has 0 spiro atoms. The van der Waals surface area contributed by atoms with Crippen molar-refractivity contribution in [3.05, 3.63) is 0 Å². The van der Waals surface area contributed by atoms with E-state index in [9.17, 15) is 28.8 Å². The highest BCUT2D eigenvalue weighted by atomic mass is 16.6. The lowest BCUT2D eigenvalue weighted by Crippen LogP contribution is -2.26. The SMILES string of the molecule is CCC(COC(=O)CCOC(=O)C(=O)OCC(=O)OCCC(=O)O)C(=O)O. The summed E-state index contributed by atoms with van der Waals surface area (Å²) < 4.78 is 17.8. The standard InChI is InChI=1S/C15H20O12/c1-2-9(13(20)21)7-26-11(18)4-6-25-14(22)15(23)27-8-12(19)24-5-3-10(16)17/h9H,2-8H2,1H3,(H,16,17)(H,20,21). The van der Waals surface area contributed by atoms with Gasteiger partial charge in [-0.15, -0.1) is 0 Å². The molecule has 0 aliphatic carbocycles. The molecule has 0 heterocycles. The van der Waals surface area contributed by atoms with Crippen molar-refractivity contribution in [1.82, 2.24) is 0 Å². The van der Waals surface area contributed by atoms with Crippen molar-refractivity contribution in [3.63, 3.8) is 0 Å². The largest absolute Gasteiger partial charge is 0.481 e. The Morgan fingerprint density at radius 3 is 1.93 bits per heavy atom. The number of hydrogen-bond acceptors (Lipinski definition) is 10. The van der Waals surface area contributed by atoms with Crippen LogP contribution in [0.1, 0.15) is 26.2 Å². The van der Waals surface area contributed by atoms with Crippen molar-refractivity contribution in [2.75, 3.05) is 26.4 Å². The fraction of sp³-hybridized carbons (Fsp3) is 0.600. The number of carboxylic acids is 2. The second-order valence-electron chi connectivity index (χ2n) is 4.95. The first-order valence-electron chi connectivity index (χ1n) is 7.77. The van der Waals surface area contributed by atoms with Crippen molar-refractivity contribution < 1.29 is 57.9 Å². The summed E-state index contributed by atoms with van der Waals surface area (Å²) in [7, 11) is 0. The molecule has 12 heteroatoms. The van der Waals surface area contributed by atoms with Crippen LogP contribution in [-0.4, -0.2) is 72.5 Å². The van der Waals surface area contributed by atoms with Crippen molar-refractivity contribution in [3.8, 4) is 0 Å². The zero-order chi connectivity index (χ0) is 20.8. The lowest BCUT2D eigenvalue weighted by atomic mass is 10.1. The second-order valence-corrected chi connectivity index (χ2v) is 4.95. The molecule has 0 fully saturated rings.